The number of hydrogen-bond acceptors (Lipinski definition) is 2. The molecule has 0 aromatic heterocycles. The van der Waals surface area contributed by atoms with Crippen molar-refractivity contribution >= 4 is 17.2 Å². The molecule has 0 amide bonds. The first-order chi connectivity index (χ1) is 15.0. The van der Waals surface area contributed by atoms with Gasteiger partial charge in [0.2, 0.25) is 0 Å². The molecule has 2 aromatic carbocycles. The summed E-state index contributed by atoms with van der Waals surface area (Å²) in [5.41, 5.74) is 3.26. The molecule has 192 valence electrons. The molecule has 0 saturated carbocycles. The van der Waals surface area contributed by atoms with Crippen LogP contribution in [0.1, 0.15) is 65.5 Å². The molecule has 2 aromatic rings. The van der Waals surface area contributed by atoms with Crippen LogP contribution in [-0.4, -0.2) is 36.5 Å². The minimum atomic E-state index is -0.122. The van der Waals surface area contributed by atoms with Crippen molar-refractivity contribution in [1.29, 1.82) is 0 Å². The maximum Gasteiger partial charge on any atom is 0 e. The van der Waals surface area contributed by atoms with Gasteiger partial charge in [0.1, 0.15) is 0 Å². The van der Waals surface area contributed by atoms with E-state index in [-0.39, 0.29) is 30.1 Å². The Morgan fingerprint density at radius 1 is 0.909 bits per heavy atom. The molecule has 2 heterocycles. The van der Waals surface area contributed by atoms with E-state index in [2.05, 4.69) is 79.6 Å². The van der Waals surface area contributed by atoms with Crippen molar-refractivity contribution in [2.24, 2.45) is 11.8 Å². The summed E-state index contributed by atoms with van der Waals surface area (Å²) in [6, 6.07) is 17.2. The SMILES string of the molecule is CC(C)(C)P(C[c-]1cccc1C(P)(C1CCNC1)C1CCNC1)C(C)(C)C.[Fe].[cH-]1[cH-][cH-][cH-][cH-]1. The van der Waals surface area contributed by atoms with Crippen LogP contribution in [-0.2, 0) is 28.4 Å². The maximum atomic E-state index is 3.64. The fourth-order valence-electron chi connectivity index (χ4n) is 5.89. The minimum Gasteiger partial charge on any atom is -0.748 e. The van der Waals surface area contributed by atoms with Crippen LogP contribution in [0.4, 0.5) is 0 Å². The van der Waals surface area contributed by atoms with E-state index in [1.807, 2.05) is 30.3 Å². The van der Waals surface area contributed by atoms with Crippen molar-refractivity contribution in [2.75, 3.05) is 26.2 Å². The molecule has 0 radical (unpaired) electrons. The zero-order chi connectivity index (χ0) is 23.4. The molecule has 0 spiro atoms. The van der Waals surface area contributed by atoms with Gasteiger partial charge >= 0.3 is 0 Å². The smallest absolute Gasteiger partial charge is 0 e. The van der Waals surface area contributed by atoms with Crippen molar-refractivity contribution in [1.82, 2.24) is 10.6 Å². The number of rotatable bonds is 5. The summed E-state index contributed by atoms with van der Waals surface area (Å²) in [4.78, 5) is 0. The third-order valence-corrected chi connectivity index (χ3v) is 12.5. The quantitative estimate of drug-likeness (QED) is 0.257. The maximum absolute atomic E-state index is 3.64. The van der Waals surface area contributed by atoms with E-state index in [1.165, 1.54) is 32.1 Å². The molecule has 4 rings (SSSR count). The average molecular weight is 528 g/mol. The normalized spacial score (nSPS) is 23.0. The molecule has 2 aliphatic rings. The van der Waals surface area contributed by atoms with Gasteiger partial charge in [0.05, 0.1) is 0 Å². The van der Waals surface area contributed by atoms with Gasteiger partial charge in [-0.1, -0.05) is 47.7 Å². The molecule has 3 atom stereocenters. The first-order valence-electron chi connectivity index (χ1n) is 12.4. The first-order valence-corrected chi connectivity index (χ1v) is 14.5. The molecule has 5 heteroatoms. The zero-order valence-electron chi connectivity index (χ0n) is 21.6. The Kier molecular flexibility index (Phi) is 10.9. The monoisotopic (exact) mass is 528 g/mol. The summed E-state index contributed by atoms with van der Waals surface area (Å²) >= 11 is 0. The summed E-state index contributed by atoms with van der Waals surface area (Å²) in [6.45, 7) is 19.4. The van der Waals surface area contributed by atoms with E-state index in [4.69, 9.17) is 0 Å². The standard InChI is InChI=1S/C23H41N2P2.C5H5.Fe/c1-21(2,3)27(22(4,5)6)16-17-8-7-9-20(17)23(26,18-10-12-24-14-18)19-11-13-25-15-19;1-2-4-5-3-1;/h7-9,18-19,24-25H,10-16,26H2,1-6H3;1-5H;/q-1;-5;. The van der Waals surface area contributed by atoms with Crippen molar-refractivity contribution in [2.45, 2.75) is 76.0 Å². The number of hydrogen-bond donors (Lipinski definition) is 2. The van der Waals surface area contributed by atoms with Crippen LogP contribution in [0.5, 0.6) is 0 Å². The van der Waals surface area contributed by atoms with E-state index in [0.717, 1.165) is 24.9 Å². The molecule has 2 nitrogen and oxygen atoms in total. The van der Waals surface area contributed by atoms with Gasteiger partial charge in [0.15, 0.2) is 0 Å². The van der Waals surface area contributed by atoms with Crippen molar-refractivity contribution in [3.05, 3.63) is 59.7 Å². The second kappa shape index (κ2) is 12.3. The molecule has 3 unspecified atom stereocenters. The molecule has 2 fully saturated rings. The Bertz CT molecular complexity index is 741. The van der Waals surface area contributed by atoms with Gasteiger partial charge in [0.25, 0.3) is 0 Å². The van der Waals surface area contributed by atoms with Gasteiger partial charge in [0, 0.05) is 17.1 Å². The van der Waals surface area contributed by atoms with Gasteiger partial charge < -0.3 is 41.0 Å². The Labute approximate surface area is 218 Å². The second-order valence-electron chi connectivity index (χ2n) is 11.7. The second-order valence-corrected chi connectivity index (χ2v) is 16.5. The van der Waals surface area contributed by atoms with E-state index in [9.17, 15) is 0 Å². The van der Waals surface area contributed by atoms with Crippen molar-refractivity contribution < 1.29 is 17.1 Å². The molecule has 0 aliphatic carbocycles. The summed E-state index contributed by atoms with van der Waals surface area (Å²) in [5.74, 6) is 1.45. The molecule has 33 heavy (non-hydrogen) atoms. The Balaban J connectivity index is 0.000000568. The molecule has 2 aliphatic heterocycles. The molecular formula is C28H46FeN2P2-6. The zero-order valence-corrected chi connectivity index (χ0v) is 24.8. The van der Waals surface area contributed by atoms with Crippen molar-refractivity contribution in [3.8, 4) is 0 Å². The van der Waals surface area contributed by atoms with Gasteiger partial charge in [-0.15, -0.1) is 22.7 Å². The van der Waals surface area contributed by atoms with Crippen LogP contribution in [0.2, 0.25) is 0 Å². The van der Waals surface area contributed by atoms with E-state index in [1.54, 1.807) is 11.1 Å². The summed E-state index contributed by atoms with van der Waals surface area (Å²) in [6.07, 6.45) is 3.86. The third-order valence-electron chi connectivity index (χ3n) is 7.35. The third kappa shape index (κ3) is 7.26. The van der Waals surface area contributed by atoms with E-state index >= 15 is 0 Å². The molecule has 2 saturated heterocycles. The Morgan fingerprint density at radius 3 is 1.73 bits per heavy atom. The van der Waals surface area contributed by atoms with Gasteiger partial charge in [-0.05, 0) is 66.3 Å². The largest absolute Gasteiger partial charge is 0.748 e. The van der Waals surface area contributed by atoms with Crippen molar-refractivity contribution in [3.63, 3.8) is 0 Å². The summed E-state index contributed by atoms with van der Waals surface area (Å²) in [7, 11) is 3.27. The van der Waals surface area contributed by atoms with E-state index in [0.29, 0.717) is 10.3 Å². The minimum absolute atomic E-state index is 0. The van der Waals surface area contributed by atoms with Crippen LogP contribution in [0, 0.1) is 11.8 Å². The van der Waals surface area contributed by atoms with Crippen LogP contribution >= 0.6 is 17.2 Å². The number of nitrogens with one attached hydrogen (secondary N) is 2. The van der Waals surface area contributed by atoms with E-state index < -0.39 is 0 Å². The van der Waals surface area contributed by atoms with Crippen LogP contribution in [0.25, 0.3) is 0 Å². The predicted molar refractivity (Wildman–Crippen MR) is 148 cm³/mol. The van der Waals surface area contributed by atoms with Gasteiger partial charge in [-0.3, -0.25) is 0 Å². The fraction of sp³-hybridized carbons (Fsp3) is 0.643. The summed E-state index contributed by atoms with van der Waals surface area (Å²) in [5, 5.41) is 8.24. The predicted octanol–water partition coefficient (Wildman–Crippen LogP) is 6.68. The van der Waals surface area contributed by atoms with Crippen LogP contribution in [0.3, 0.4) is 0 Å². The Hall–Kier alpha value is -0.000519. The fourth-order valence-corrected chi connectivity index (χ4v) is 10.3. The summed E-state index contributed by atoms with van der Waals surface area (Å²) < 4.78 is 0. The van der Waals surface area contributed by atoms with Crippen LogP contribution in [0.15, 0.2) is 48.5 Å². The van der Waals surface area contributed by atoms with Gasteiger partial charge in [-0.2, -0.15) is 11.6 Å². The Morgan fingerprint density at radius 2 is 1.36 bits per heavy atom. The topological polar surface area (TPSA) is 24.1 Å². The van der Waals surface area contributed by atoms with Crippen LogP contribution < -0.4 is 10.6 Å². The molecular weight excluding hydrogens is 482 g/mol. The van der Waals surface area contributed by atoms with Gasteiger partial charge in [-0.25, -0.2) is 12.1 Å². The average Bonchev–Trinajstić information content (AvgIpc) is 3.51. The molecule has 2 N–H and O–H groups in total. The first kappa shape index (κ1) is 29.2. The molecule has 0 bridgehead atoms.